The number of ether oxygens (including phenoxy) is 1. The minimum Gasteiger partial charge on any atom is -0.495 e. The summed E-state index contributed by atoms with van der Waals surface area (Å²) in [6, 6.07) is 10.7. The molecule has 2 rings (SSSR count). The average Bonchev–Trinajstić information content (AvgIpc) is 2.45. The molecule has 0 aliphatic rings. The third kappa shape index (κ3) is 2.94. The van der Waals surface area contributed by atoms with Crippen molar-refractivity contribution in [3.8, 4) is 5.75 Å². The first-order valence-electron chi connectivity index (χ1n) is 6.33. The van der Waals surface area contributed by atoms with Crippen LogP contribution in [0.5, 0.6) is 5.75 Å². The number of aryl methyl sites for hydroxylation is 1. The van der Waals surface area contributed by atoms with Crippen LogP contribution in [-0.4, -0.2) is 14.2 Å². The predicted molar refractivity (Wildman–Crippen MR) is 80.0 cm³/mol. The van der Waals surface area contributed by atoms with Gasteiger partial charge in [-0.2, -0.15) is 0 Å². The van der Waals surface area contributed by atoms with E-state index in [1.165, 1.54) is 0 Å². The molecule has 0 heterocycles. The number of hydrogen-bond acceptors (Lipinski definition) is 2. The van der Waals surface area contributed by atoms with Crippen LogP contribution < -0.4 is 10.1 Å². The van der Waals surface area contributed by atoms with Crippen LogP contribution in [0.15, 0.2) is 36.4 Å². The van der Waals surface area contributed by atoms with E-state index < -0.39 is 0 Å². The Labute approximate surface area is 123 Å². The summed E-state index contributed by atoms with van der Waals surface area (Å²) < 4.78 is 19.0. The van der Waals surface area contributed by atoms with Crippen LogP contribution in [-0.2, 0) is 0 Å². The fourth-order valence-corrected chi connectivity index (χ4v) is 2.37. The fourth-order valence-electron chi connectivity index (χ4n) is 2.17. The normalized spacial score (nSPS) is 12.2. The van der Waals surface area contributed by atoms with E-state index in [4.69, 9.17) is 16.3 Å². The van der Waals surface area contributed by atoms with E-state index in [-0.39, 0.29) is 11.9 Å². The maximum absolute atomic E-state index is 13.7. The van der Waals surface area contributed by atoms with E-state index in [2.05, 4.69) is 5.32 Å². The van der Waals surface area contributed by atoms with Gasteiger partial charge in [-0.3, -0.25) is 0 Å². The van der Waals surface area contributed by atoms with Crippen LogP contribution in [0.25, 0.3) is 0 Å². The number of halogens is 2. The summed E-state index contributed by atoms with van der Waals surface area (Å²) >= 11 is 6.03. The van der Waals surface area contributed by atoms with Crippen molar-refractivity contribution in [3.63, 3.8) is 0 Å². The molecule has 0 fully saturated rings. The van der Waals surface area contributed by atoms with Gasteiger partial charge in [0.15, 0.2) is 0 Å². The Kier molecular flexibility index (Phi) is 4.63. The first-order chi connectivity index (χ1) is 9.56. The van der Waals surface area contributed by atoms with Crippen molar-refractivity contribution in [2.45, 2.75) is 13.0 Å². The van der Waals surface area contributed by atoms with Gasteiger partial charge in [0, 0.05) is 0 Å². The lowest BCUT2D eigenvalue weighted by Gasteiger charge is -2.19. The predicted octanol–water partition coefficient (Wildman–Crippen LogP) is 4.10. The number of nitrogens with one attached hydrogen (secondary N) is 1. The molecule has 106 valence electrons. The summed E-state index contributed by atoms with van der Waals surface area (Å²) in [5, 5.41) is 3.74. The van der Waals surface area contributed by atoms with Crippen molar-refractivity contribution in [1.82, 2.24) is 5.32 Å². The molecule has 0 saturated carbocycles. The summed E-state index contributed by atoms with van der Waals surface area (Å²) in [5.74, 6) is 0.403. The van der Waals surface area contributed by atoms with Crippen LogP contribution in [0, 0.1) is 12.7 Å². The molecule has 1 atom stereocenters. The highest BCUT2D eigenvalue weighted by Crippen LogP contribution is 2.30. The molecule has 2 aromatic carbocycles. The molecule has 2 aromatic rings. The van der Waals surface area contributed by atoms with Gasteiger partial charge in [-0.1, -0.05) is 29.8 Å². The Morgan fingerprint density at radius 1 is 1.15 bits per heavy atom. The number of rotatable bonds is 4. The first-order valence-corrected chi connectivity index (χ1v) is 6.71. The van der Waals surface area contributed by atoms with Crippen molar-refractivity contribution in [3.05, 3.63) is 63.9 Å². The van der Waals surface area contributed by atoms with Gasteiger partial charge in [-0.25, -0.2) is 4.39 Å². The molecule has 0 bridgehead atoms. The van der Waals surface area contributed by atoms with E-state index in [1.807, 2.05) is 25.2 Å². The molecule has 0 aliphatic heterocycles. The van der Waals surface area contributed by atoms with Gasteiger partial charge in [0.05, 0.1) is 18.2 Å². The zero-order chi connectivity index (χ0) is 14.7. The molecule has 2 nitrogen and oxygen atoms in total. The van der Waals surface area contributed by atoms with Crippen molar-refractivity contribution >= 4 is 11.6 Å². The van der Waals surface area contributed by atoms with Gasteiger partial charge in [-0.05, 0) is 48.9 Å². The molecule has 0 saturated heterocycles. The fraction of sp³-hybridized carbons (Fsp3) is 0.250. The molecule has 0 spiro atoms. The zero-order valence-electron chi connectivity index (χ0n) is 11.7. The number of hydrogen-bond donors (Lipinski definition) is 1. The Bertz CT molecular complexity index is 615. The second kappa shape index (κ2) is 6.25. The largest absolute Gasteiger partial charge is 0.495 e. The van der Waals surface area contributed by atoms with Gasteiger partial charge < -0.3 is 10.1 Å². The van der Waals surface area contributed by atoms with Crippen LogP contribution in [0.2, 0.25) is 5.02 Å². The Morgan fingerprint density at radius 2 is 1.80 bits per heavy atom. The Balaban J connectivity index is 2.43. The molecule has 0 aromatic heterocycles. The first kappa shape index (κ1) is 14.8. The smallest absolute Gasteiger partial charge is 0.137 e. The topological polar surface area (TPSA) is 21.3 Å². The summed E-state index contributed by atoms with van der Waals surface area (Å²) in [6.45, 7) is 1.75. The average molecular weight is 294 g/mol. The molecular formula is C16H17ClFNO. The minimum absolute atomic E-state index is 0.115. The monoisotopic (exact) mass is 293 g/mol. The molecule has 0 amide bonds. The van der Waals surface area contributed by atoms with E-state index in [1.54, 1.807) is 32.2 Å². The van der Waals surface area contributed by atoms with Gasteiger partial charge in [-0.15, -0.1) is 0 Å². The van der Waals surface area contributed by atoms with Gasteiger partial charge in [0.1, 0.15) is 11.6 Å². The summed E-state index contributed by atoms with van der Waals surface area (Å²) in [5.41, 5.74) is 2.47. The van der Waals surface area contributed by atoms with Crippen LogP contribution in [0.3, 0.4) is 0 Å². The summed E-state index contributed by atoms with van der Waals surface area (Å²) in [7, 11) is 3.41. The zero-order valence-corrected chi connectivity index (χ0v) is 12.5. The lowest BCUT2D eigenvalue weighted by molar-refractivity contribution is 0.414. The highest BCUT2D eigenvalue weighted by atomic mass is 35.5. The second-order valence-electron chi connectivity index (χ2n) is 4.62. The minimum atomic E-state index is -0.205. The number of benzene rings is 2. The Morgan fingerprint density at radius 3 is 2.40 bits per heavy atom. The molecule has 4 heteroatoms. The number of methoxy groups -OCH3 is 1. The highest BCUT2D eigenvalue weighted by Gasteiger charge is 2.15. The van der Waals surface area contributed by atoms with Crippen molar-refractivity contribution in [2.75, 3.05) is 14.2 Å². The van der Waals surface area contributed by atoms with Crippen molar-refractivity contribution < 1.29 is 9.13 Å². The second-order valence-corrected chi connectivity index (χ2v) is 5.03. The third-order valence-electron chi connectivity index (χ3n) is 3.33. The maximum atomic E-state index is 13.7. The van der Waals surface area contributed by atoms with Crippen LogP contribution >= 0.6 is 11.6 Å². The van der Waals surface area contributed by atoms with Gasteiger partial charge in [0.2, 0.25) is 0 Å². The standard InChI is InChI=1S/C16H17ClFNO/c1-10-4-5-11(8-14(10)18)16(19-2)12-6-7-13(17)15(9-12)20-3/h4-9,16,19H,1-3H3. The third-order valence-corrected chi connectivity index (χ3v) is 3.64. The Hall–Kier alpha value is -1.58. The molecule has 0 radical (unpaired) electrons. The highest BCUT2D eigenvalue weighted by molar-refractivity contribution is 6.32. The van der Waals surface area contributed by atoms with Crippen LogP contribution in [0.4, 0.5) is 4.39 Å². The lowest BCUT2D eigenvalue weighted by atomic mass is 9.97. The van der Waals surface area contributed by atoms with E-state index in [0.717, 1.165) is 11.1 Å². The molecular weight excluding hydrogens is 277 g/mol. The quantitative estimate of drug-likeness (QED) is 0.916. The van der Waals surface area contributed by atoms with Gasteiger partial charge >= 0.3 is 0 Å². The summed E-state index contributed by atoms with van der Waals surface area (Å²) in [4.78, 5) is 0. The molecule has 1 N–H and O–H groups in total. The van der Waals surface area contributed by atoms with E-state index in [0.29, 0.717) is 16.3 Å². The SMILES string of the molecule is CNC(c1ccc(C)c(F)c1)c1ccc(Cl)c(OC)c1. The van der Waals surface area contributed by atoms with Crippen molar-refractivity contribution in [2.24, 2.45) is 0 Å². The van der Waals surface area contributed by atoms with Crippen LogP contribution in [0.1, 0.15) is 22.7 Å². The molecule has 1 unspecified atom stereocenters. The van der Waals surface area contributed by atoms with E-state index >= 15 is 0 Å². The van der Waals surface area contributed by atoms with Gasteiger partial charge in [0.25, 0.3) is 0 Å². The lowest BCUT2D eigenvalue weighted by Crippen LogP contribution is -2.18. The maximum Gasteiger partial charge on any atom is 0.137 e. The molecule has 20 heavy (non-hydrogen) atoms. The summed E-state index contributed by atoms with van der Waals surface area (Å²) in [6.07, 6.45) is 0. The van der Waals surface area contributed by atoms with Crippen molar-refractivity contribution in [1.29, 1.82) is 0 Å². The van der Waals surface area contributed by atoms with E-state index in [9.17, 15) is 4.39 Å². The molecule has 0 aliphatic carbocycles.